The number of aliphatic hydroxyl groups is 1. The third kappa shape index (κ3) is 4.03. The van der Waals surface area contributed by atoms with Gasteiger partial charge in [-0.2, -0.15) is 5.10 Å². The number of hydrogen-bond acceptors (Lipinski definition) is 9. The van der Waals surface area contributed by atoms with Crippen molar-refractivity contribution >= 4 is 21.6 Å². The predicted molar refractivity (Wildman–Crippen MR) is 131 cm³/mol. The highest BCUT2D eigenvalue weighted by Crippen LogP contribution is 2.40. The van der Waals surface area contributed by atoms with Gasteiger partial charge in [-0.1, -0.05) is 35.4 Å². The standard InChI is InChI=1S/C24H23N7O4S/c1-12-26-23(31(29-12)15-8-9-16-18(10-15)36-13(2)27-16)22-20(32)19(28-30-25)21-17(34-22)11-33-24(35-21)14-6-4-3-5-7-14/h3-10,17,19-22,24,32H,11H2,1-2H3/t17?,19?,20?,21-,22+,24?/m0/s1. The van der Waals surface area contributed by atoms with E-state index >= 15 is 0 Å². The number of aliphatic hydroxyl groups excluding tert-OH is 1. The van der Waals surface area contributed by atoms with E-state index in [9.17, 15) is 10.6 Å². The maximum absolute atomic E-state index is 11.4. The van der Waals surface area contributed by atoms with Crippen LogP contribution >= 0.6 is 11.3 Å². The van der Waals surface area contributed by atoms with Gasteiger partial charge in [-0.15, -0.1) is 11.3 Å². The van der Waals surface area contributed by atoms with Crippen LogP contribution in [0, 0.1) is 13.8 Å². The Morgan fingerprint density at radius 2 is 1.97 bits per heavy atom. The van der Waals surface area contributed by atoms with Crippen LogP contribution in [0.5, 0.6) is 0 Å². The molecule has 184 valence electrons. The van der Waals surface area contributed by atoms with Gasteiger partial charge in [0.1, 0.15) is 24.1 Å². The Balaban J connectivity index is 1.34. The van der Waals surface area contributed by atoms with Crippen molar-refractivity contribution in [3.63, 3.8) is 0 Å². The topological polar surface area (TPSA) is 140 Å². The number of azide groups is 1. The first kappa shape index (κ1) is 23.0. The average Bonchev–Trinajstić information content (AvgIpc) is 3.46. The molecule has 2 aliphatic heterocycles. The second-order valence-electron chi connectivity index (χ2n) is 8.77. The lowest BCUT2D eigenvalue weighted by atomic mass is 9.91. The molecular formula is C24H23N7O4S. The van der Waals surface area contributed by atoms with E-state index in [2.05, 4.69) is 25.1 Å². The average molecular weight is 506 g/mol. The molecule has 2 saturated heterocycles. The van der Waals surface area contributed by atoms with Gasteiger partial charge in [0.25, 0.3) is 0 Å². The molecule has 2 aromatic heterocycles. The molecule has 0 aliphatic carbocycles. The molecule has 12 heteroatoms. The van der Waals surface area contributed by atoms with Crippen molar-refractivity contribution in [1.29, 1.82) is 0 Å². The van der Waals surface area contributed by atoms with E-state index in [-0.39, 0.29) is 6.61 Å². The Morgan fingerprint density at radius 1 is 1.14 bits per heavy atom. The minimum atomic E-state index is -1.21. The molecule has 4 unspecified atom stereocenters. The molecule has 2 aliphatic rings. The van der Waals surface area contributed by atoms with Gasteiger partial charge in [0.05, 0.1) is 39.7 Å². The molecule has 0 radical (unpaired) electrons. The number of nitrogens with zero attached hydrogens (tertiary/aromatic N) is 7. The van der Waals surface area contributed by atoms with Crippen molar-refractivity contribution in [2.45, 2.75) is 50.6 Å². The fraction of sp³-hybridized carbons (Fsp3) is 0.375. The molecule has 0 bridgehead atoms. The molecule has 4 aromatic rings. The monoisotopic (exact) mass is 505 g/mol. The molecule has 6 atom stereocenters. The Morgan fingerprint density at radius 3 is 2.78 bits per heavy atom. The zero-order valence-corrected chi connectivity index (χ0v) is 20.3. The lowest BCUT2D eigenvalue weighted by Gasteiger charge is -2.46. The minimum absolute atomic E-state index is 0.199. The highest BCUT2D eigenvalue weighted by Gasteiger charge is 2.51. The first-order valence-corrected chi connectivity index (χ1v) is 12.3. The first-order valence-electron chi connectivity index (χ1n) is 11.5. The van der Waals surface area contributed by atoms with Crippen LogP contribution in [0.4, 0.5) is 0 Å². The number of benzene rings is 2. The molecule has 1 N–H and O–H groups in total. The van der Waals surface area contributed by atoms with Crippen molar-refractivity contribution in [2.24, 2.45) is 5.11 Å². The minimum Gasteiger partial charge on any atom is -0.389 e. The largest absolute Gasteiger partial charge is 0.389 e. The van der Waals surface area contributed by atoms with Gasteiger partial charge >= 0.3 is 0 Å². The Kier molecular flexibility index (Phi) is 5.92. The number of hydrogen-bond donors (Lipinski definition) is 1. The molecule has 2 fully saturated rings. The predicted octanol–water partition coefficient (Wildman–Crippen LogP) is 4.09. The summed E-state index contributed by atoms with van der Waals surface area (Å²) >= 11 is 1.59. The Bertz CT molecular complexity index is 1450. The van der Waals surface area contributed by atoms with Gasteiger partial charge in [0.2, 0.25) is 0 Å². The van der Waals surface area contributed by atoms with Gasteiger partial charge in [0.15, 0.2) is 12.1 Å². The molecule has 36 heavy (non-hydrogen) atoms. The zero-order chi connectivity index (χ0) is 24.8. The summed E-state index contributed by atoms with van der Waals surface area (Å²) in [6.07, 6.45) is -4.06. The number of fused-ring (bicyclic) bond motifs is 2. The van der Waals surface area contributed by atoms with Gasteiger partial charge in [0, 0.05) is 10.5 Å². The fourth-order valence-corrected chi connectivity index (χ4v) is 5.62. The smallest absolute Gasteiger partial charge is 0.184 e. The third-order valence-electron chi connectivity index (χ3n) is 6.35. The maximum atomic E-state index is 11.4. The highest BCUT2D eigenvalue weighted by molar-refractivity contribution is 7.18. The maximum Gasteiger partial charge on any atom is 0.184 e. The molecule has 0 amide bonds. The SMILES string of the molecule is Cc1nc([C@@H]2OC3COC(c4ccccc4)O[C@@H]3C(N=[N+]=[N-])C2O)n(-c2ccc3nc(C)sc3c2)n1. The van der Waals surface area contributed by atoms with Gasteiger partial charge in [-0.05, 0) is 37.6 Å². The van der Waals surface area contributed by atoms with Crippen molar-refractivity contribution < 1.29 is 19.3 Å². The highest BCUT2D eigenvalue weighted by atomic mass is 32.1. The van der Waals surface area contributed by atoms with Crippen LogP contribution in [0.3, 0.4) is 0 Å². The van der Waals surface area contributed by atoms with Gasteiger partial charge in [-0.25, -0.2) is 14.6 Å². The number of thiazole rings is 1. The van der Waals surface area contributed by atoms with E-state index in [0.29, 0.717) is 11.6 Å². The van der Waals surface area contributed by atoms with Gasteiger partial charge < -0.3 is 19.3 Å². The van der Waals surface area contributed by atoms with Crippen LogP contribution in [0.25, 0.3) is 26.3 Å². The second-order valence-corrected chi connectivity index (χ2v) is 10.0. The molecule has 2 aromatic carbocycles. The second kappa shape index (κ2) is 9.25. The zero-order valence-electron chi connectivity index (χ0n) is 19.5. The van der Waals surface area contributed by atoms with Gasteiger partial charge in [-0.3, -0.25) is 0 Å². The van der Waals surface area contributed by atoms with E-state index < -0.39 is 36.7 Å². The molecule has 0 saturated carbocycles. The van der Waals surface area contributed by atoms with Crippen molar-refractivity contribution in [3.05, 3.63) is 81.2 Å². The Labute approximate surface area is 209 Å². The summed E-state index contributed by atoms with van der Waals surface area (Å²) in [7, 11) is 0. The van der Waals surface area contributed by atoms with Crippen LogP contribution in [-0.4, -0.2) is 55.8 Å². The first-order chi connectivity index (χ1) is 17.5. The lowest BCUT2D eigenvalue weighted by Crippen LogP contribution is -2.58. The van der Waals surface area contributed by atoms with Crippen LogP contribution < -0.4 is 0 Å². The normalized spacial score (nSPS) is 28.0. The summed E-state index contributed by atoms with van der Waals surface area (Å²) in [5, 5.41) is 20.8. The Hall–Kier alpha value is -3.38. The van der Waals surface area contributed by atoms with Crippen molar-refractivity contribution in [3.8, 4) is 5.69 Å². The third-order valence-corrected chi connectivity index (χ3v) is 7.28. The van der Waals surface area contributed by atoms with Crippen LogP contribution in [0.15, 0.2) is 53.6 Å². The summed E-state index contributed by atoms with van der Waals surface area (Å²) in [5.74, 6) is 0.923. The number of aryl methyl sites for hydroxylation is 2. The lowest BCUT2D eigenvalue weighted by molar-refractivity contribution is -0.309. The molecule has 4 heterocycles. The van der Waals surface area contributed by atoms with E-state index in [0.717, 1.165) is 26.5 Å². The van der Waals surface area contributed by atoms with Crippen LogP contribution in [-0.2, 0) is 14.2 Å². The summed E-state index contributed by atoms with van der Waals surface area (Å²) in [4.78, 5) is 12.1. The van der Waals surface area contributed by atoms with Crippen molar-refractivity contribution in [1.82, 2.24) is 19.7 Å². The summed E-state index contributed by atoms with van der Waals surface area (Å²) < 4.78 is 21.1. The van der Waals surface area contributed by atoms with Crippen LogP contribution in [0.2, 0.25) is 0 Å². The molecule has 6 rings (SSSR count). The number of aromatic nitrogens is 4. The fourth-order valence-electron chi connectivity index (χ4n) is 4.76. The van der Waals surface area contributed by atoms with E-state index in [1.165, 1.54) is 0 Å². The summed E-state index contributed by atoms with van der Waals surface area (Å²) in [5.41, 5.74) is 11.8. The van der Waals surface area contributed by atoms with Crippen LogP contribution in [0.1, 0.15) is 34.6 Å². The summed E-state index contributed by atoms with van der Waals surface area (Å²) in [6, 6.07) is 14.4. The quantitative estimate of drug-likeness (QED) is 0.250. The molecule has 11 nitrogen and oxygen atoms in total. The number of rotatable bonds is 4. The molecular weight excluding hydrogens is 482 g/mol. The van der Waals surface area contributed by atoms with Crippen molar-refractivity contribution in [2.75, 3.05) is 6.61 Å². The number of ether oxygens (including phenoxy) is 3. The summed E-state index contributed by atoms with van der Waals surface area (Å²) in [6.45, 7) is 3.93. The van der Waals surface area contributed by atoms with E-state index in [1.807, 2.05) is 55.5 Å². The molecule has 0 spiro atoms. The van der Waals surface area contributed by atoms with E-state index in [4.69, 9.17) is 14.2 Å². The van der Waals surface area contributed by atoms with E-state index in [1.54, 1.807) is 22.9 Å².